The van der Waals surface area contributed by atoms with Crippen LogP contribution in [-0.4, -0.2) is 6.54 Å². The van der Waals surface area contributed by atoms with Gasteiger partial charge in [-0.1, -0.05) is 6.42 Å². The summed E-state index contributed by atoms with van der Waals surface area (Å²) in [4.78, 5) is 0. The van der Waals surface area contributed by atoms with Gasteiger partial charge in [-0.05, 0) is 48.4 Å². The minimum atomic E-state index is -4.24. The van der Waals surface area contributed by atoms with E-state index in [1.165, 1.54) is 12.1 Å². The Hall–Kier alpha value is -1.19. The van der Waals surface area contributed by atoms with Gasteiger partial charge in [-0.3, -0.25) is 0 Å². The van der Waals surface area contributed by atoms with Crippen molar-refractivity contribution < 1.29 is 13.2 Å². The lowest BCUT2D eigenvalue weighted by molar-refractivity contribution is -0.137. The molecule has 4 heteroatoms. The van der Waals surface area contributed by atoms with Crippen molar-refractivity contribution >= 4 is 5.69 Å². The van der Waals surface area contributed by atoms with E-state index in [1.807, 2.05) is 0 Å². The number of anilines is 1. The largest absolute Gasteiger partial charge is 0.416 e. The van der Waals surface area contributed by atoms with Crippen LogP contribution in [0, 0.1) is 5.92 Å². The van der Waals surface area contributed by atoms with Gasteiger partial charge in [0.1, 0.15) is 0 Å². The zero-order valence-electron chi connectivity index (χ0n) is 9.35. The van der Waals surface area contributed by atoms with Crippen LogP contribution in [-0.2, 0) is 6.18 Å². The standard InChI is InChI=1S/C13H14F3N/c14-13(15,16)9-4-5-12-11(6-9)10-3-1-2-8(10)7-17-12/h4-6,8,10,17H,1-3,7H2. The molecule has 2 unspecified atom stereocenters. The normalized spacial score (nSPS) is 27.2. The maximum absolute atomic E-state index is 12.7. The molecule has 2 aliphatic rings. The highest BCUT2D eigenvalue weighted by atomic mass is 19.4. The first-order chi connectivity index (χ1) is 8.05. The second kappa shape index (κ2) is 3.65. The number of nitrogens with one attached hydrogen (secondary N) is 1. The number of hydrogen-bond acceptors (Lipinski definition) is 1. The van der Waals surface area contributed by atoms with Gasteiger partial charge in [-0.15, -0.1) is 0 Å². The lowest BCUT2D eigenvalue weighted by Gasteiger charge is -2.30. The monoisotopic (exact) mass is 241 g/mol. The molecule has 1 nitrogen and oxygen atoms in total. The van der Waals surface area contributed by atoms with Gasteiger partial charge in [-0.2, -0.15) is 13.2 Å². The SMILES string of the molecule is FC(F)(F)c1ccc2c(c1)C1CCCC1CN2. The third-order valence-corrected chi connectivity index (χ3v) is 3.99. The summed E-state index contributed by atoms with van der Waals surface area (Å²) in [6, 6.07) is 4.08. The van der Waals surface area contributed by atoms with E-state index in [4.69, 9.17) is 0 Å². The van der Waals surface area contributed by atoms with Crippen LogP contribution in [0.5, 0.6) is 0 Å². The minimum absolute atomic E-state index is 0.327. The van der Waals surface area contributed by atoms with E-state index >= 15 is 0 Å². The third kappa shape index (κ3) is 1.79. The number of benzene rings is 1. The number of halogens is 3. The second-order valence-corrected chi connectivity index (χ2v) is 4.98. The molecule has 1 N–H and O–H groups in total. The highest BCUT2D eigenvalue weighted by Crippen LogP contribution is 2.46. The summed E-state index contributed by atoms with van der Waals surface area (Å²) in [6.07, 6.45) is -0.943. The third-order valence-electron chi connectivity index (χ3n) is 3.99. The van der Waals surface area contributed by atoms with Gasteiger partial charge in [0.05, 0.1) is 5.56 Å². The van der Waals surface area contributed by atoms with E-state index in [0.717, 1.165) is 37.1 Å². The first kappa shape index (κ1) is 10.9. The van der Waals surface area contributed by atoms with Crippen LogP contribution in [0.1, 0.15) is 36.3 Å². The summed E-state index contributed by atoms with van der Waals surface area (Å²) < 4.78 is 38.0. The molecule has 1 heterocycles. The average Bonchev–Trinajstić information content (AvgIpc) is 2.75. The summed E-state index contributed by atoms with van der Waals surface area (Å²) in [5, 5.41) is 3.25. The van der Waals surface area contributed by atoms with E-state index < -0.39 is 11.7 Å². The van der Waals surface area contributed by atoms with Crippen LogP contribution in [0.2, 0.25) is 0 Å². The number of hydrogen-bond donors (Lipinski definition) is 1. The van der Waals surface area contributed by atoms with Gasteiger partial charge >= 0.3 is 6.18 Å². The summed E-state index contributed by atoms with van der Waals surface area (Å²) in [5.41, 5.74) is 1.24. The quantitative estimate of drug-likeness (QED) is 0.723. The Morgan fingerprint density at radius 2 is 2.00 bits per heavy atom. The van der Waals surface area contributed by atoms with Crippen molar-refractivity contribution in [1.82, 2.24) is 0 Å². The molecule has 0 bridgehead atoms. The van der Waals surface area contributed by atoms with Crippen LogP contribution in [0.3, 0.4) is 0 Å². The Bertz CT molecular complexity index is 439. The van der Waals surface area contributed by atoms with Gasteiger partial charge in [0, 0.05) is 12.2 Å². The van der Waals surface area contributed by atoms with Crippen molar-refractivity contribution in [2.45, 2.75) is 31.4 Å². The smallest absolute Gasteiger partial charge is 0.385 e. The molecule has 0 saturated heterocycles. The molecular formula is C13H14F3N. The van der Waals surface area contributed by atoms with Gasteiger partial charge in [-0.25, -0.2) is 0 Å². The fourth-order valence-electron chi connectivity index (χ4n) is 3.14. The molecule has 1 aliphatic carbocycles. The molecule has 92 valence electrons. The van der Waals surface area contributed by atoms with Crippen LogP contribution in [0.4, 0.5) is 18.9 Å². The molecule has 0 spiro atoms. The highest BCUT2D eigenvalue weighted by molar-refractivity contribution is 5.57. The van der Waals surface area contributed by atoms with Gasteiger partial charge in [0.25, 0.3) is 0 Å². The van der Waals surface area contributed by atoms with Gasteiger partial charge < -0.3 is 5.32 Å². The molecule has 1 aliphatic heterocycles. The summed E-state index contributed by atoms with van der Waals surface area (Å²) in [7, 11) is 0. The Labute approximate surface area is 98.0 Å². The molecule has 17 heavy (non-hydrogen) atoms. The van der Waals surface area contributed by atoms with Gasteiger partial charge in [0.15, 0.2) is 0 Å². The van der Waals surface area contributed by atoms with Crippen molar-refractivity contribution in [1.29, 1.82) is 0 Å². The second-order valence-electron chi connectivity index (χ2n) is 4.98. The van der Waals surface area contributed by atoms with Crippen molar-refractivity contribution in [3.8, 4) is 0 Å². The first-order valence-electron chi connectivity index (χ1n) is 6.01. The number of rotatable bonds is 0. The average molecular weight is 241 g/mol. The zero-order chi connectivity index (χ0) is 12.0. The molecule has 0 aromatic heterocycles. The zero-order valence-corrected chi connectivity index (χ0v) is 9.35. The van der Waals surface area contributed by atoms with E-state index in [0.29, 0.717) is 11.8 Å². The van der Waals surface area contributed by atoms with Crippen molar-refractivity contribution in [3.63, 3.8) is 0 Å². The highest BCUT2D eigenvalue weighted by Gasteiger charge is 2.36. The molecule has 2 atom stereocenters. The topological polar surface area (TPSA) is 12.0 Å². The minimum Gasteiger partial charge on any atom is -0.385 e. The molecule has 0 radical (unpaired) electrons. The molecule has 1 aromatic carbocycles. The summed E-state index contributed by atoms with van der Waals surface area (Å²) >= 11 is 0. The predicted molar refractivity (Wildman–Crippen MR) is 60.0 cm³/mol. The predicted octanol–water partition coefficient (Wildman–Crippen LogP) is 4.01. The number of fused-ring (bicyclic) bond motifs is 3. The Morgan fingerprint density at radius 1 is 1.18 bits per heavy atom. The fourth-order valence-corrected chi connectivity index (χ4v) is 3.14. The lowest BCUT2D eigenvalue weighted by atomic mass is 9.84. The first-order valence-corrected chi connectivity index (χ1v) is 6.01. The molecule has 3 rings (SSSR count). The molecule has 0 amide bonds. The molecular weight excluding hydrogens is 227 g/mol. The van der Waals surface area contributed by atoms with E-state index in [1.54, 1.807) is 6.07 Å². The van der Waals surface area contributed by atoms with E-state index in [-0.39, 0.29) is 0 Å². The van der Waals surface area contributed by atoms with Crippen LogP contribution >= 0.6 is 0 Å². The lowest BCUT2D eigenvalue weighted by Crippen LogP contribution is -2.24. The van der Waals surface area contributed by atoms with Crippen LogP contribution in [0.15, 0.2) is 18.2 Å². The van der Waals surface area contributed by atoms with Crippen molar-refractivity contribution in [3.05, 3.63) is 29.3 Å². The maximum atomic E-state index is 12.7. The van der Waals surface area contributed by atoms with Crippen molar-refractivity contribution in [2.75, 3.05) is 11.9 Å². The Balaban J connectivity index is 2.04. The van der Waals surface area contributed by atoms with Crippen LogP contribution in [0.25, 0.3) is 0 Å². The summed E-state index contributed by atoms with van der Waals surface area (Å²) in [6.45, 7) is 0.906. The summed E-state index contributed by atoms with van der Waals surface area (Å²) in [5.74, 6) is 0.847. The van der Waals surface area contributed by atoms with Gasteiger partial charge in [0.2, 0.25) is 0 Å². The van der Waals surface area contributed by atoms with E-state index in [2.05, 4.69) is 5.32 Å². The number of alkyl halides is 3. The molecule has 1 saturated carbocycles. The Morgan fingerprint density at radius 3 is 2.76 bits per heavy atom. The molecule has 1 fully saturated rings. The van der Waals surface area contributed by atoms with Crippen LogP contribution < -0.4 is 5.32 Å². The fraction of sp³-hybridized carbons (Fsp3) is 0.538. The molecule has 1 aromatic rings. The van der Waals surface area contributed by atoms with E-state index in [9.17, 15) is 13.2 Å². The van der Waals surface area contributed by atoms with Crippen molar-refractivity contribution in [2.24, 2.45) is 5.92 Å². The maximum Gasteiger partial charge on any atom is 0.416 e. The Kier molecular flexibility index (Phi) is 2.35.